The lowest BCUT2D eigenvalue weighted by molar-refractivity contribution is 0.251. The van der Waals surface area contributed by atoms with Gasteiger partial charge >= 0.3 is 6.03 Å². The number of aromatic nitrogens is 3. The van der Waals surface area contributed by atoms with E-state index in [0.717, 1.165) is 17.0 Å². The van der Waals surface area contributed by atoms with Crippen molar-refractivity contribution in [2.45, 2.75) is 13.0 Å². The molecule has 0 atom stereocenters. The number of benzene rings is 2. The fourth-order valence-corrected chi connectivity index (χ4v) is 3.16. The molecule has 2 aromatic carbocycles. The molecule has 2 heterocycles. The maximum atomic E-state index is 12.4. The van der Waals surface area contributed by atoms with Crippen LogP contribution in [0.25, 0.3) is 5.65 Å². The molecule has 7 nitrogen and oxygen atoms in total. The molecule has 0 saturated heterocycles. The number of hydrogen-bond acceptors (Lipinski definition) is 4. The average Bonchev–Trinajstić information content (AvgIpc) is 3.16. The minimum absolute atomic E-state index is 0.268. The van der Waals surface area contributed by atoms with Crippen LogP contribution >= 0.6 is 0 Å². The van der Waals surface area contributed by atoms with Gasteiger partial charge in [-0.15, -0.1) is 10.2 Å². The molecule has 0 aliphatic carbocycles. The molecule has 0 radical (unpaired) electrons. The predicted molar refractivity (Wildman–Crippen MR) is 111 cm³/mol. The largest absolute Gasteiger partial charge is 0.496 e. The normalized spacial score (nSPS) is 10.7. The molecule has 4 rings (SSSR count). The number of carbonyl (C=O) groups excluding carboxylic acids is 1. The quantitative estimate of drug-likeness (QED) is 0.529. The molecule has 0 spiro atoms. The van der Waals surface area contributed by atoms with Crippen LogP contribution in [-0.4, -0.2) is 27.7 Å². The molecule has 4 aromatic rings. The highest BCUT2D eigenvalue weighted by atomic mass is 16.5. The number of urea groups is 1. The monoisotopic (exact) mass is 387 g/mol. The van der Waals surface area contributed by atoms with Gasteiger partial charge in [-0.05, 0) is 35.9 Å². The SMILES string of the molecule is COc1ccc(NC(=O)NCc2nnc3ccccn23)cc1Cc1ccccc1. The third kappa shape index (κ3) is 4.35. The van der Waals surface area contributed by atoms with Crippen molar-refractivity contribution in [3.05, 3.63) is 89.9 Å². The van der Waals surface area contributed by atoms with E-state index in [2.05, 4.69) is 33.0 Å². The molecule has 2 N–H and O–H groups in total. The molecule has 29 heavy (non-hydrogen) atoms. The first kappa shape index (κ1) is 18.5. The summed E-state index contributed by atoms with van der Waals surface area (Å²) < 4.78 is 7.31. The summed E-state index contributed by atoms with van der Waals surface area (Å²) in [6.07, 6.45) is 2.58. The van der Waals surface area contributed by atoms with E-state index in [-0.39, 0.29) is 12.6 Å². The Kier molecular flexibility index (Phi) is 5.38. The minimum atomic E-state index is -0.312. The Bertz CT molecular complexity index is 1120. The Morgan fingerprint density at radius 2 is 1.86 bits per heavy atom. The topological polar surface area (TPSA) is 80.5 Å². The highest BCUT2D eigenvalue weighted by Crippen LogP contribution is 2.25. The van der Waals surface area contributed by atoms with Crippen LogP contribution in [0, 0.1) is 0 Å². The summed E-state index contributed by atoms with van der Waals surface area (Å²) in [5.41, 5.74) is 3.61. The van der Waals surface area contributed by atoms with Gasteiger partial charge in [0, 0.05) is 23.9 Å². The lowest BCUT2D eigenvalue weighted by Crippen LogP contribution is -2.29. The van der Waals surface area contributed by atoms with E-state index in [1.165, 1.54) is 5.56 Å². The second kappa shape index (κ2) is 8.43. The average molecular weight is 387 g/mol. The zero-order valence-electron chi connectivity index (χ0n) is 16.0. The molecule has 0 saturated carbocycles. The van der Waals surface area contributed by atoms with Crippen LogP contribution < -0.4 is 15.4 Å². The van der Waals surface area contributed by atoms with Crippen LogP contribution in [-0.2, 0) is 13.0 Å². The van der Waals surface area contributed by atoms with E-state index >= 15 is 0 Å². The van der Waals surface area contributed by atoms with E-state index in [4.69, 9.17) is 4.74 Å². The second-order valence-corrected chi connectivity index (χ2v) is 6.54. The first-order chi connectivity index (χ1) is 14.2. The van der Waals surface area contributed by atoms with E-state index in [1.807, 2.05) is 65.2 Å². The molecule has 0 fully saturated rings. The van der Waals surface area contributed by atoms with Gasteiger partial charge in [-0.2, -0.15) is 0 Å². The fraction of sp³-hybridized carbons (Fsp3) is 0.136. The Morgan fingerprint density at radius 3 is 2.69 bits per heavy atom. The van der Waals surface area contributed by atoms with Gasteiger partial charge in [-0.25, -0.2) is 4.79 Å². The van der Waals surface area contributed by atoms with Crippen LogP contribution in [0.5, 0.6) is 5.75 Å². The van der Waals surface area contributed by atoms with Gasteiger partial charge in [-0.1, -0.05) is 36.4 Å². The maximum Gasteiger partial charge on any atom is 0.319 e. The van der Waals surface area contributed by atoms with Crippen LogP contribution in [0.4, 0.5) is 10.5 Å². The van der Waals surface area contributed by atoms with Gasteiger partial charge in [0.15, 0.2) is 11.5 Å². The molecular formula is C22H21N5O2. The molecule has 146 valence electrons. The number of nitrogens with zero attached hydrogens (tertiary/aromatic N) is 3. The van der Waals surface area contributed by atoms with Crippen LogP contribution in [0.3, 0.4) is 0 Å². The zero-order valence-corrected chi connectivity index (χ0v) is 16.0. The third-order valence-electron chi connectivity index (χ3n) is 4.57. The molecule has 0 unspecified atom stereocenters. The lowest BCUT2D eigenvalue weighted by Gasteiger charge is -2.12. The number of rotatable bonds is 6. The summed E-state index contributed by atoms with van der Waals surface area (Å²) in [6.45, 7) is 0.268. The Morgan fingerprint density at radius 1 is 1.03 bits per heavy atom. The fourth-order valence-electron chi connectivity index (χ4n) is 3.16. The summed E-state index contributed by atoms with van der Waals surface area (Å²) in [5.74, 6) is 1.45. The molecule has 2 aromatic heterocycles. The van der Waals surface area contributed by atoms with Gasteiger partial charge in [0.2, 0.25) is 0 Å². The van der Waals surface area contributed by atoms with E-state index in [0.29, 0.717) is 17.9 Å². The van der Waals surface area contributed by atoms with Gasteiger partial charge in [0.25, 0.3) is 0 Å². The molecule has 0 aliphatic heterocycles. The van der Waals surface area contributed by atoms with Crippen molar-refractivity contribution in [1.29, 1.82) is 0 Å². The molecule has 2 amide bonds. The van der Waals surface area contributed by atoms with Crippen molar-refractivity contribution >= 4 is 17.4 Å². The van der Waals surface area contributed by atoms with Crippen molar-refractivity contribution in [2.24, 2.45) is 0 Å². The number of anilines is 1. The van der Waals surface area contributed by atoms with E-state index in [1.54, 1.807) is 7.11 Å². The summed E-state index contributed by atoms with van der Waals surface area (Å²) in [7, 11) is 1.65. The summed E-state index contributed by atoms with van der Waals surface area (Å²) in [5, 5.41) is 13.9. The first-order valence-electron chi connectivity index (χ1n) is 9.27. The van der Waals surface area contributed by atoms with E-state index in [9.17, 15) is 4.79 Å². The zero-order chi connectivity index (χ0) is 20.1. The van der Waals surface area contributed by atoms with Crippen LogP contribution in [0.1, 0.15) is 17.0 Å². The van der Waals surface area contributed by atoms with Gasteiger partial charge < -0.3 is 15.4 Å². The maximum absolute atomic E-state index is 12.4. The lowest BCUT2D eigenvalue weighted by atomic mass is 10.0. The molecule has 7 heteroatoms. The van der Waals surface area contributed by atoms with Crippen molar-refractivity contribution in [2.75, 3.05) is 12.4 Å². The highest BCUT2D eigenvalue weighted by molar-refractivity contribution is 5.89. The number of carbonyl (C=O) groups is 1. The second-order valence-electron chi connectivity index (χ2n) is 6.54. The number of methoxy groups -OCH3 is 1. The Balaban J connectivity index is 1.43. The first-order valence-corrected chi connectivity index (χ1v) is 9.27. The summed E-state index contributed by atoms with van der Waals surface area (Å²) in [4.78, 5) is 12.4. The van der Waals surface area contributed by atoms with Crippen LogP contribution in [0.2, 0.25) is 0 Å². The Hall–Kier alpha value is -3.87. The number of ether oxygens (including phenoxy) is 1. The number of fused-ring (bicyclic) bond motifs is 1. The van der Waals surface area contributed by atoms with Crippen molar-refractivity contribution in [3.8, 4) is 5.75 Å². The minimum Gasteiger partial charge on any atom is -0.496 e. The number of hydrogen-bond donors (Lipinski definition) is 2. The van der Waals surface area contributed by atoms with Crippen molar-refractivity contribution in [1.82, 2.24) is 19.9 Å². The number of nitrogens with one attached hydrogen (secondary N) is 2. The molecule has 0 bridgehead atoms. The van der Waals surface area contributed by atoms with Crippen molar-refractivity contribution in [3.63, 3.8) is 0 Å². The van der Waals surface area contributed by atoms with Gasteiger partial charge in [-0.3, -0.25) is 4.40 Å². The summed E-state index contributed by atoms with van der Waals surface area (Å²) >= 11 is 0. The highest BCUT2D eigenvalue weighted by Gasteiger charge is 2.10. The van der Waals surface area contributed by atoms with E-state index < -0.39 is 0 Å². The summed E-state index contributed by atoms with van der Waals surface area (Å²) in [6, 6.07) is 21.1. The van der Waals surface area contributed by atoms with Crippen LogP contribution in [0.15, 0.2) is 72.9 Å². The predicted octanol–water partition coefficient (Wildman–Crippen LogP) is 3.65. The molecular weight excluding hydrogens is 366 g/mol. The third-order valence-corrected chi connectivity index (χ3v) is 4.57. The van der Waals surface area contributed by atoms with Crippen molar-refractivity contribution < 1.29 is 9.53 Å². The number of amides is 2. The standard InChI is InChI=1S/C22H21N5O2/c1-29-19-11-10-18(14-17(19)13-16-7-3-2-4-8-16)24-22(28)23-15-21-26-25-20-9-5-6-12-27(20)21/h2-12,14H,13,15H2,1H3,(H2,23,24,28). The smallest absolute Gasteiger partial charge is 0.319 e. The van der Waals surface area contributed by atoms with Gasteiger partial charge in [0.1, 0.15) is 5.75 Å². The van der Waals surface area contributed by atoms with Gasteiger partial charge in [0.05, 0.1) is 13.7 Å². The Labute approximate surface area is 168 Å². The molecule has 0 aliphatic rings. The number of pyridine rings is 1.